The van der Waals surface area contributed by atoms with Gasteiger partial charge in [0.1, 0.15) is 0 Å². The molecular weight excluding hydrogens is 238 g/mol. The van der Waals surface area contributed by atoms with Crippen molar-refractivity contribution in [2.24, 2.45) is 10.3 Å². The van der Waals surface area contributed by atoms with Crippen LogP contribution in [0, 0.1) is 0 Å². The lowest BCUT2D eigenvalue weighted by atomic mass is 10.0. The van der Waals surface area contributed by atoms with Gasteiger partial charge in [0.05, 0.1) is 17.5 Å². The van der Waals surface area contributed by atoms with Crippen LogP contribution in [0.2, 0.25) is 5.02 Å². The third-order valence-electron chi connectivity index (χ3n) is 2.48. The third-order valence-corrected chi connectivity index (χ3v) is 2.73. The summed E-state index contributed by atoms with van der Waals surface area (Å²) in [6, 6.07) is 7.34. The van der Waals surface area contributed by atoms with Crippen LogP contribution in [-0.2, 0) is 0 Å². The van der Waals surface area contributed by atoms with Crippen LogP contribution < -0.4 is 5.43 Å². The quantitative estimate of drug-likeness (QED) is 0.492. The Kier molecular flexibility index (Phi) is 4.52. The van der Waals surface area contributed by atoms with Crippen LogP contribution in [0.5, 0.6) is 0 Å². The topological polar surface area (TPSA) is 57.0 Å². The lowest BCUT2D eigenvalue weighted by Gasteiger charge is -2.22. The molecule has 0 bridgehead atoms. The van der Waals surface area contributed by atoms with E-state index in [4.69, 9.17) is 16.8 Å². The van der Waals surface area contributed by atoms with Gasteiger partial charge in [-0.1, -0.05) is 28.9 Å². The highest BCUT2D eigenvalue weighted by molar-refractivity contribution is 6.30. The second-order valence-corrected chi connectivity index (χ2v) is 4.67. The van der Waals surface area contributed by atoms with E-state index in [9.17, 15) is 0 Å². The monoisotopic (exact) mass is 253 g/mol. The first-order valence-corrected chi connectivity index (χ1v) is 5.58. The predicted octanol–water partition coefficient (Wildman–Crippen LogP) is 2.89. The van der Waals surface area contributed by atoms with E-state index >= 15 is 0 Å². The molecule has 92 valence electrons. The van der Waals surface area contributed by atoms with Crippen molar-refractivity contribution in [1.82, 2.24) is 5.43 Å². The van der Waals surface area contributed by atoms with E-state index in [2.05, 4.69) is 15.7 Å². The van der Waals surface area contributed by atoms with Gasteiger partial charge in [0.15, 0.2) is 0 Å². The Labute approximate surface area is 106 Å². The number of halogens is 1. The summed E-state index contributed by atoms with van der Waals surface area (Å²) in [4.78, 5) is 0. The smallest absolute Gasteiger partial charge is 0.0902 e. The normalized spacial score (nSPS) is 13.1. The first-order chi connectivity index (χ1) is 7.95. The molecule has 0 saturated heterocycles. The van der Waals surface area contributed by atoms with Crippen molar-refractivity contribution < 1.29 is 5.21 Å². The molecule has 0 fully saturated rings. The summed E-state index contributed by atoms with van der Waals surface area (Å²) in [6.45, 7) is 5.48. The van der Waals surface area contributed by atoms with Gasteiger partial charge in [0, 0.05) is 5.02 Å². The van der Waals surface area contributed by atoms with Gasteiger partial charge < -0.3 is 5.21 Å². The molecule has 5 heteroatoms. The van der Waals surface area contributed by atoms with Crippen LogP contribution in [0.3, 0.4) is 0 Å². The van der Waals surface area contributed by atoms with E-state index in [1.807, 2.05) is 26.0 Å². The largest absolute Gasteiger partial charge is 0.411 e. The SMILES string of the molecule is CC(=NO)C(C)(C)NN=Cc1ccc(Cl)cc1. The first-order valence-electron chi connectivity index (χ1n) is 5.20. The molecule has 0 heterocycles. The van der Waals surface area contributed by atoms with Crippen LogP contribution in [0.4, 0.5) is 0 Å². The van der Waals surface area contributed by atoms with Gasteiger partial charge in [0.25, 0.3) is 0 Å². The molecule has 1 aromatic rings. The molecule has 0 unspecified atom stereocenters. The Balaban J connectivity index is 2.64. The highest BCUT2D eigenvalue weighted by Crippen LogP contribution is 2.08. The van der Waals surface area contributed by atoms with Crippen molar-refractivity contribution in [1.29, 1.82) is 0 Å². The fourth-order valence-corrected chi connectivity index (χ4v) is 1.15. The third kappa shape index (κ3) is 4.07. The van der Waals surface area contributed by atoms with E-state index in [0.29, 0.717) is 10.7 Å². The lowest BCUT2D eigenvalue weighted by Crippen LogP contribution is -2.42. The number of hydrazone groups is 1. The molecule has 0 radical (unpaired) electrons. The maximum atomic E-state index is 8.70. The minimum atomic E-state index is -0.488. The molecule has 2 N–H and O–H groups in total. The maximum Gasteiger partial charge on any atom is 0.0902 e. The minimum absolute atomic E-state index is 0.488. The number of hydrogen-bond donors (Lipinski definition) is 2. The average Bonchev–Trinajstić information content (AvgIpc) is 2.30. The predicted molar refractivity (Wildman–Crippen MR) is 71.2 cm³/mol. The van der Waals surface area contributed by atoms with Crippen LogP contribution >= 0.6 is 11.6 Å². The van der Waals surface area contributed by atoms with Crippen LogP contribution in [0.25, 0.3) is 0 Å². The number of nitrogens with zero attached hydrogens (tertiary/aromatic N) is 2. The Hall–Kier alpha value is -1.55. The van der Waals surface area contributed by atoms with Gasteiger partial charge in [-0.2, -0.15) is 5.10 Å². The summed E-state index contributed by atoms with van der Waals surface area (Å²) in [5.74, 6) is 0. The molecule has 17 heavy (non-hydrogen) atoms. The number of hydrogen-bond acceptors (Lipinski definition) is 4. The summed E-state index contributed by atoms with van der Waals surface area (Å²) < 4.78 is 0. The summed E-state index contributed by atoms with van der Waals surface area (Å²) in [6.07, 6.45) is 1.68. The van der Waals surface area contributed by atoms with Gasteiger partial charge in [-0.15, -0.1) is 0 Å². The van der Waals surface area contributed by atoms with Crippen molar-refractivity contribution >= 4 is 23.5 Å². The lowest BCUT2D eigenvalue weighted by molar-refractivity contribution is 0.311. The van der Waals surface area contributed by atoms with Gasteiger partial charge in [-0.25, -0.2) is 0 Å². The van der Waals surface area contributed by atoms with E-state index in [1.54, 1.807) is 25.3 Å². The molecule has 1 aromatic carbocycles. The molecule has 0 atom stereocenters. The molecule has 0 saturated carbocycles. The molecular formula is C12H16ClN3O. The van der Waals surface area contributed by atoms with Gasteiger partial charge >= 0.3 is 0 Å². The fourth-order valence-electron chi connectivity index (χ4n) is 1.02. The molecule has 0 aliphatic rings. The number of rotatable bonds is 4. The standard InChI is InChI=1S/C12H16ClN3O/c1-9(15-17)12(2,3)16-14-8-10-4-6-11(13)7-5-10/h4-8,16-17H,1-3H3. The second-order valence-electron chi connectivity index (χ2n) is 4.23. The van der Waals surface area contributed by atoms with E-state index in [0.717, 1.165) is 5.56 Å². The Morgan fingerprint density at radius 2 is 1.94 bits per heavy atom. The summed E-state index contributed by atoms with van der Waals surface area (Å²) in [7, 11) is 0. The minimum Gasteiger partial charge on any atom is -0.411 e. The molecule has 0 aliphatic carbocycles. The summed E-state index contributed by atoms with van der Waals surface area (Å²) in [5.41, 5.74) is 3.93. The van der Waals surface area contributed by atoms with Crippen molar-refractivity contribution in [3.63, 3.8) is 0 Å². The second kappa shape index (κ2) is 5.68. The van der Waals surface area contributed by atoms with Crippen LogP contribution in [0.1, 0.15) is 26.3 Å². The highest BCUT2D eigenvalue weighted by Gasteiger charge is 2.20. The number of oxime groups is 1. The van der Waals surface area contributed by atoms with E-state index in [-0.39, 0.29) is 0 Å². The van der Waals surface area contributed by atoms with Crippen molar-refractivity contribution in [2.45, 2.75) is 26.3 Å². The number of nitrogens with one attached hydrogen (secondary N) is 1. The molecule has 0 spiro atoms. The van der Waals surface area contributed by atoms with E-state index in [1.165, 1.54) is 0 Å². The van der Waals surface area contributed by atoms with Gasteiger partial charge in [-0.05, 0) is 38.5 Å². The van der Waals surface area contributed by atoms with Crippen molar-refractivity contribution in [3.8, 4) is 0 Å². The Morgan fingerprint density at radius 1 is 1.35 bits per heavy atom. The highest BCUT2D eigenvalue weighted by atomic mass is 35.5. The van der Waals surface area contributed by atoms with Crippen molar-refractivity contribution in [3.05, 3.63) is 34.9 Å². The molecule has 4 nitrogen and oxygen atoms in total. The van der Waals surface area contributed by atoms with Gasteiger partial charge in [0.2, 0.25) is 0 Å². The number of benzene rings is 1. The van der Waals surface area contributed by atoms with Crippen LogP contribution in [-0.4, -0.2) is 22.7 Å². The van der Waals surface area contributed by atoms with E-state index < -0.39 is 5.54 Å². The van der Waals surface area contributed by atoms with Crippen LogP contribution in [0.15, 0.2) is 34.5 Å². The summed E-state index contributed by atoms with van der Waals surface area (Å²) in [5, 5.41) is 16.7. The Bertz CT molecular complexity index is 424. The molecule has 0 aromatic heterocycles. The molecule has 0 aliphatic heterocycles. The van der Waals surface area contributed by atoms with Crippen molar-refractivity contribution in [2.75, 3.05) is 0 Å². The first kappa shape index (κ1) is 13.5. The zero-order valence-corrected chi connectivity index (χ0v) is 10.9. The summed E-state index contributed by atoms with van der Waals surface area (Å²) >= 11 is 5.78. The molecule has 0 amide bonds. The van der Waals surface area contributed by atoms with Gasteiger partial charge in [-0.3, -0.25) is 5.43 Å². The fraction of sp³-hybridized carbons (Fsp3) is 0.333. The average molecular weight is 254 g/mol. The maximum absolute atomic E-state index is 8.70. The molecule has 1 rings (SSSR count). The zero-order chi connectivity index (χ0) is 12.9. The zero-order valence-electron chi connectivity index (χ0n) is 10.1. The Morgan fingerprint density at radius 3 is 2.47 bits per heavy atom.